The number of methoxy groups -OCH3 is 1. The third-order valence-electron chi connectivity index (χ3n) is 5.06. The standard InChI is InChI=1S/C15H25N3O2/c1-14(2)5-7-15(19-3,8-6-14)13-17-12(20-18-13)11-4-9-16-10-11/h11,16H,4-10H2,1-3H3. The highest BCUT2D eigenvalue weighted by atomic mass is 16.5. The molecule has 20 heavy (non-hydrogen) atoms. The molecule has 5 nitrogen and oxygen atoms in total. The molecule has 3 rings (SSSR count). The van der Waals surface area contributed by atoms with E-state index < -0.39 is 0 Å². The van der Waals surface area contributed by atoms with Crippen LogP contribution in [0.4, 0.5) is 0 Å². The molecule has 0 aromatic carbocycles. The van der Waals surface area contributed by atoms with Gasteiger partial charge < -0.3 is 14.6 Å². The number of ether oxygens (including phenoxy) is 1. The van der Waals surface area contributed by atoms with Crippen LogP contribution in [0.1, 0.15) is 63.6 Å². The maximum absolute atomic E-state index is 5.83. The van der Waals surface area contributed by atoms with Gasteiger partial charge in [-0.2, -0.15) is 4.98 Å². The van der Waals surface area contributed by atoms with Crippen LogP contribution < -0.4 is 5.32 Å². The topological polar surface area (TPSA) is 60.2 Å². The molecule has 2 fully saturated rings. The van der Waals surface area contributed by atoms with Gasteiger partial charge in [-0.3, -0.25) is 0 Å². The predicted octanol–water partition coefficient (Wildman–Crippen LogP) is 2.59. The first-order valence-electron chi connectivity index (χ1n) is 7.65. The molecular weight excluding hydrogens is 254 g/mol. The van der Waals surface area contributed by atoms with Crippen molar-refractivity contribution < 1.29 is 9.26 Å². The second kappa shape index (κ2) is 5.11. The van der Waals surface area contributed by atoms with Crippen molar-refractivity contribution in [3.8, 4) is 0 Å². The minimum atomic E-state index is -0.344. The summed E-state index contributed by atoms with van der Waals surface area (Å²) in [7, 11) is 1.77. The molecule has 0 radical (unpaired) electrons. The van der Waals surface area contributed by atoms with E-state index in [1.165, 1.54) is 0 Å². The molecule has 1 N–H and O–H groups in total. The lowest BCUT2D eigenvalue weighted by Crippen LogP contribution is -2.37. The van der Waals surface area contributed by atoms with E-state index in [-0.39, 0.29) is 5.60 Å². The summed E-state index contributed by atoms with van der Waals surface area (Å²) in [5.41, 5.74) is 0.0489. The zero-order valence-electron chi connectivity index (χ0n) is 12.7. The molecule has 1 aliphatic carbocycles. The molecule has 0 spiro atoms. The van der Waals surface area contributed by atoms with Gasteiger partial charge in [-0.1, -0.05) is 19.0 Å². The van der Waals surface area contributed by atoms with Crippen molar-refractivity contribution in [2.24, 2.45) is 5.41 Å². The van der Waals surface area contributed by atoms with E-state index in [1.54, 1.807) is 7.11 Å². The summed E-state index contributed by atoms with van der Waals surface area (Å²) in [4.78, 5) is 4.66. The van der Waals surface area contributed by atoms with Gasteiger partial charge in [-0.15, -0.1) is 0 Å². The summed E-state index contributed by atoms with van der Waals surface area (Å²) in [6, 6.07) is 0. The molecule has 5 heteroatoms. The van der Waals surface area contributed by atoms with E-state index in [9.17, 15) is 0 Å². The summed E-state index contributed by atoms with van der Waals surface area (Å²) in [5, 5.41) is 7.57. The van der Waals surface area contributed by atoms with Gasteiger partial charge in [0.05, 0.1) is 5.92 Å². The predicted molar refractivity (Wildman–Crippen MR) is 75.5 cm³/mol. The van der Waals surface area contributed by atoms with Gasteiger partial charge in [0.1, 0.15) is 5.60 Å². The van der Waals surface area contributed by atoms with Crippen molar-refractivity contribution in [2.75, 3.05) is 20.2 Å². The van der Waals surface area contributed by atoms with Gasteiger partial charge >= 0.3 is 0 Å². The van der Waals surface area contributed by atoms with E-state index in [0.717, 1.165) is 56.9 Å². The third-order valence-corrected chi connectivity index (χ3v) is 5.06. The van der Waals surface area contributed by atoms with Gasteiger partial charge in [-0.25, -0.2) is 0 Å². The normalized spacial score (nSPS) is 28.6. The maximum atomic E-state index is 5.83. The van der Waals surface area contributed by atoms with Crippen LogP contribution in [-0.4, -0.2) is 30.3 Å². The lowest BCUT2D eigenvalue weighted by atomic mass is 9.70. The maximum Gasteiger partial charge on any atom is 0.231 e. The highest BCUT2D eigenvalue weighted by Crippen LogP contribution is 2.46. The van der Waals surface area contributed by atoms with Crippen molar-refractivity contribution in [1.82, 2.24) is 15.5 Å². The first-order chi connectivity index (χ1) is 9.55. The van der Waals surface area contributed by atoms with E-state index in [4.69, 9.17) is 9.26 Å². The van der Waals surface area contributed by atoms with Crippen LogP contribution >= 0.6 is 0 Å². The Morgan fingerprint density at radius 2 is 2.00 bits per heavy atom. The number of aromatic nitrogens is 2. The molecular formula is C15H25N3O2. The molecule has 1 aromatic heterocycles. The number of hydrogen-bond acceptors (Lipinski definition) is 5. The fourth-order valence-corrected chi connectivity index (χ4v) is 3.30. The van der Waals surface area contributed by atoms with Gasteiger partial charge in [-0.05, 0) is 44.1 Å². The first-order valence-corrected chi connectivity index (χ1v) is 7.65. The average molecular weight is 279 g/mol. The Balaban J connectivity index is 1.79. The van der Waals surface area contributed by atoms with Crippen LogP contribution in [0.2, 0.25) is 0 Å². The van der Waals surface area contributed by atoms with Crippen LogP contribution in [-0.2, 0) is 10.3 Å². The second-order valence-electron chi connectivity index (χ2n) is 7.01. The SMILES string of the molecule is COC1(c2noc(C3CCNC3)n2)CCC(C)(C)CC1. The molecule has 1 aliphatic heterocycles. The van der Waals surface area contributed by atoms with E-state index in [0.29, 0.717) is 11.3 Å². The summed E-state index contributed by atoms with van der Waals surface area (Å²) < 4.78 is 11.3. The summed E-state index contributed by atoms with van der Waals surface area (Å²) in [6.45, 7) is 6.61. The molecule has 0 amide bonds. The van der Waals surface area contributed by atoms with Crippen molar-refractivity contribution in [3.05, 3.63) is 11.7 Å². The molecule has 2 heterocycles. The fourth-order valence-electron chi connectivity index (χ4n) is 3.30. The van der Waals surface area contributed by atoms with E-state index in [2.05, 4.69) is 29.3 Å². The van der Waals surface area contributed by atoms with E-state index in [1.807, 2.05) is 0 Å². The van der Waals surface area contributed by atoms with Crippen molar-refractivity contribution in [3.63, 3.8) is 0 Å². The number of rotatable bonds is 3. The number of nitrogens with one attached hydrogen (secondary N) is 1. The Morgan fingerprint density at radius 1 is 1.25 bits per heavy atom. The smallest absolute Gasteiger partial charge is 0.231 e. The molecule has 0 bridgehead atoms. The summed E-state index contributed by atoms with van der Waals surface area (Å²) in [5.74, 6) is 1.88. The highest BCUT2D eigenvalue weighted by molar-refractivity contribution is 5.07. The minimum Gasteiger partial charge on any atom is -0.370 e. The zero-order chi connectivity index (χ0) is 14.2. The molecule has 1 saturated carbocycles. The highest BCUT2D eigenvalue weighted by Gasteiger charge is 2.43. The molecule has 2 aliphatic rings. The van der Waals surface area contributed by atoms with Gasteiger partial charge in [0.25, 0.3) is 0 Å². The minimum absolute atomic E-state index is 0.344. The van der Waals surface area contributed by atoms with E-state index >= 15 is 0 Å². The second-order valence-corrected chi connectivity index (χ2v) is 7.01. The quantitative estimate of drug-likeness (QED) is 0.921. The van der Waals surface area contributed by atoms with Crippen molar-refractivity contribution >= 4 is 0 Å². The van der Waals surface area contributed by atoms with Crippen LogP contribution in [0.3, 0.4) is 0 Å². The van der Waals surface area contributed by atoms with Crippen LogP contribution in [0.5, 0.6) is 0 Å². The van der Waals surface area contributed by atoms with Crippen LogP contribution in [0, 0.1) is 5.41 Å². The Kier molecular flexibility index (Phi) is 3.58. The Morgan fingerprint density at radius 3 is 2.60 bits per heavy atom. The molecule has 112 valence electrons. The van der Waals surface area contributed by atoms with Gasteiger partial charge in [0, 0.05) is 13.7 Å². The number of hydrogen-bond donors (Lipinski definition) is 1. The van der Waals surface area contributed by atoms with Crippen molar-refractivity contribution in [1.29, 1.82) is 0 Å². The Bertz CT molecular complexity index is 453. The largest absolute Gasteiger partial charge is 0.370 e. The summed E-state index contributed by atoms with van der Waals surface area (Å²) in [6.07, 6.45) is 5.29. The van der Waals surface area contributed by atoms with Crippen LogP contribution in [0.25, 0.3) is 0 Å². The first kappa shape index (κ1) is 14.0. The molecule has 1 atom stereocenters. The Hall–Kier alpha value is -0.940. The molecule has 1 aromatic rings. The molecule has 1 saturated heterocycles. The number of nitrogens with zero attached hydrogens (tertiary/aromatic N) is 2. The van der Waals surface area contributed by atoms with Gasteiger partial charge in [0.2, 0.25) is 11.7 Å². The lowest BCUT2D eigenvalue weighted by Gasteiger charge is -2.40. The van der Waals surface area contributed by atoms with Crippen LogP contribution in [0.15, 0.2) is 4.52 Å². The zero-order valence-corrected chi connectivity index (χ0v) is 12.7. The van der Waals surface area contributed by atoms with Gasteiger partial charge in [0.15, 0.2) is 0 Å². The monoisotopic (exact) mass is 279 g/mol. The average Bonchev–Trinajstić information content (AvgIpc) is 3.10. The fraction of sp³-hybridized carbons (Fsp3) is 0.867. The van der Waals surface area contributed by atoms with Crippen molar-refractivity contribution in [2.45, 2.75) is 57.5 Å². The Labute approximate surface area is 120 Å². The lowest BCUT2D eigenvalue weighted by molar-refractivity contribution is -0.0740. The summed E-state index contributed by atoms with van der Waals surface area (Å²) >= 11 is 0. The molecule has 1 unspecified atom stereocenters. The third kappa shape index (κ3) is 2.49.